The van der Waals surface area contributed by atoms with Crippen LogP contribution in [-0.2, 0) is 0 Å². The molecule has 2 rings (SSSR count). The molecule has 0 spiro atoms. The van der Waals surface area contributed by atoms with Gasteiger partial charge in [0.15, 0.2) is 23.3 Å². The number of rotatable bonds is 4. The van der Waals surface area contributed by atoms with E-state index in [9.17, 15) is 8.78 Å². The van der Waals surface area contributed by atoms with Crippen LogP contribution in [0.5, 0.6) is 0 Å². The number of hydrogen-bond donors (Lipinski definition) is 2. The van der Waals surface area contributed by atoms with E-state index in [4.69, 9.17) is 5.73 Å². The summed E-state index contributed by atoms with van der Waals surface area (Å²) < 4.78 is 26.0. The van der Waals surface area contributed by atoms with E-state index in [0.29, 0.717) is 6.54 Å². The van der Waals surface area contributed by atoms with Gasteiger partial charge < -0.3 is 11.1 Å². The Morgan fingerprint density at radius 2 is 2.12 bits per heavy atom. The van der Waals surface area contributed by atoms with Crippen molar-refractivity contribution in [1.29, 1.82) is 0 Å². The monoisotopic (exact) mass is 227 g/mol. The number of hydrogen-bond acceptors (Lipinski definition) is 3. The fourth-order valence-electron chi connectivity index (χ4n) is 1.78. The molecule has 1 fully saturated rings. The van der Waals surface area contributed by atoms with Gasteiger partial charge in [0.2, 0.25) is 0 Å². The molecule has 0 amide bonds. The standard InChI is InChI=1S/C11H15F2N3/c12-8-6-9(13)11(16-10(8)14)15-5-4-7-2-1-3-7/h6-7H,1-5H2,(H3,14,15,16). The highest BCUT2D eigenvalue weighted by Gasteiger charge is 2.17. The molecule has 0 radical (unpaired) electrons. The molecule has 1 aliphatic rings. The van der Waals surface area contributed by atoms with E-state index in [2.05, 4.69) is 10.3 Å². The highest BCUT2D eigenvalue weighted by Crippen LogP contribution is 2.29. The molecule has 3 nitrogen and oxygen atoms in total. The predicted molar refractivity (Wildman–Crippen MR) is 59.0 cm³/mol. The van der Waals surface area contributed by atoms with Crippen LogP contribution >= 0.6 is 0 Å². The first kappa shape index (κ1) is 11.1. The summed E-state index contributed by atoms with van der Waals surface area (Å²) in [7, 11) is 0. The van der Waals surface area contributed by atoms with Crippen LogP contribution in [-0.4, -0.2) is 11.5 Å². The molecule has 0 unspecified atom stereocenters. The Labute approximate surface area is 93.1 Å². The third-order valence-electron chi connectivity index (χ3n) is 3.03. The molecule has 88 valence electrons. The van der Waals surface area contributed by atoms with Gasteiger partial charge in [-0.15, -0.1) is 0 Å². The van der Waals surface area contributed by atoms with Crippen molar-refractivity contribution >= 4 is 11.6 Å². The third-order valence-corrected chi connectivity index (χ3v) is 3.03. The van der Waals surface area contributed by atoms with Crippen LogP contribution in [0.15, 0.2) is 6.07 Å². The van der Waals surface area contributed by atoms with Crippen molar-refractivity contribution in [3.63, 3.8) is 0 Å². The lowest BCUT2D eigenvalue weighted by Gasteiger charge is -2.25. The second-order valence-corrected chi connectivity index (χ2v) is 4.20. The third kappa shape index (κ3) is 2.40. The van der Waals surface area contributed by atoms with Crippen LogP contribution in [0.1, 0.15) is 25.7 Å². The average molecular weight is 227 g/mol. The fourth-order valence-corrected chi connectivity index (χ4v) is 1.78. The Bertz CT molecular complexity index is 378. The Morgan fingerprint density at radius 1 is 1.38 bits per heavy atom. The van der Waals surface area contributed by atoms with Crippen molar-refractivity contribution in [1.82, 2.24) is 4.98 Å². The van der Waals surface area contributed by atoms with Crippen LogP contribution in [0.3, 0.4) is 0 Å². The molecule has 1 heterocycles. The van der Waals surface area contributed by atoms with Crippen LogP contribution < -0.4 is 11.1 Å². The maximum Gasteiger partial charge on any atom is 0.168 e. The molecule has 0 aliphatic heterocycles. The lowest BCUT2D eigenvalue weighted by atomic mass is 9.83. The number of halogens is 2. The van der Waals surface area contributed by atoms with E-state index in [1.54, 1.807) is 0 Å². The molecule has 3 N–H and O–H groups in total. The number of aromatic nitrogens is 1. The molecule has 1 aromatic heterocycles. The van der Waals surface area contributed by atoms with Crippen molar-refractivity contribution in [3.05, 3.63) is 17.7 Å². The smallest absolute Gasteiger partial charge is 0.168 e. The van der Waals surface area contributed by atoms with Gasteiger partial charge in [-0.05, 0) is 12.3 Å². The minimum absolute atomic E-state index is 0.0400. The summed E-state index contributed by atoms with van der Waals surface area (Å²) in [6.07, 6.45) is 4.80. The van der Waals surface area contributed by atoms with Crippen molar-refractivity contribution in [2.24, 2.45) is 5.92 Å². The molecule has 1 saturated carbocycles. The van der Waals surface area contributed by atoms with Gasteiger partial charge >= 0.3 is 0 Å². The minimum atomic E-state index is -0.818. The first-order valence-corrected chi connectivity index (χ1v) is 5.52. The van der Waals surface area contributed by atoms with E-state index in [0.717, 1.165) is 18.4 Å². The Balaban J connectivity index is 1.90. The summed E-state index contributed by atoms with van der Waals surface area (Å²) in [5, 5.41) is 2.85. The molecular formula is C11H15F2N3. The lowest BCUT2D eigenvalue weighted by Crippen LogP contribution is -2.16. The van der Waals surface area contributed by atoms with Gasteiger partial charge in [-0.3, -0.25) is 0 Å². The largest absolute Gasteiger partial charge is 0.381 e. The maximum atomic E-state index is 13.2. The van der Waals surface area contributed by atoms with E-state index < -0.39 is 11.6 Å². The molecule has 0 aromatic carbocycles. The lowest BCUT2D eigenvalue weighted by molar-refractivity contribution is 0.302. The maximum absolute atomic E-state index is 13.2. The van der Waals surface area contributed by atoms with Crippen LogP contribution in [0.25, 0.3) is 0 Å². The number of nitrogens with two attached hydrogens (primary N) is 1. The first-order chi connectivity index (χ1) is 7.66. The van der Waals surface area contributed by atoms with E-state index >= 15 is 0 Å². The molecule has 0 bridgehead atoms. The Hall–Kier alpha value is -1.39. The van der Waals surface area contributed by atoms with Crippen LogP contribution in [0.4, 0.5) is 20.4 Å². The van der Waals surface area contributed by atoms with Gasteiger partial charge in [-0.25, -0.2) is 13.8 Å². The molecule has 16 heavy (non-hydrogen) atoms. The summed E-state index contributed by atoms with van der Waals surface area (Å²) in [5.41, 5.74) is 5.27. The fraction of sp³-hybridized carbons (Fsp3) is 0.545. The summed E-state index contributed by atoms with van der Waals surface area (Å²) in [6, 6.07) is 0.758. The zero-order valence-corrected chi connectivity index (χ0v) is 8.97. The van der Waals surface area contributed by atoms with Gasteiger partial charge in [-0.2, -0.15) is 0 Å². The van der Waals surface area contributed by atoms with E-state index in [1.165, 1.54) is 19.3 Å². The number of nitrogen functional groups attached to an aromatic ring is 1. The van der Waals surface area contributed by atoms with Crippen LogP contribution in [0.2, 0.25) is 0 Å². The van der Waals surface area contributed by atoms with Crippen molar-refractivity contribution in [2.75, 3.05) is 17.6 Å². The number of nitrogens with one attached hydrogen (secondary N) is 1. The normalized spacial score (nSPS) is 15.9. The summed E-state index contributed by atoms with van der Waals surface area (Å²) in [6.45, 7) is 0.652. The highest BCUT2D eigenvalue weighted by molar-refractivity contribution is 5.44. The van der Waals surface area contributed by atoms with Gasteiger partial charge in [0, 0.05) is 12.6 Å². The minimum Gasteiger partial charge on any atom is -0.381 e. The second-order valence-electron chi connectivity index (χ2n) is 4.20. The topological polar surface area (TPSA) is 50.9 Å². The predicted octanol–water partition coefficient (Wildman–Crippen LogP) is 2.54. The summed E-state index contributed by atoms with van der Waals surface area (Å²) in [4.78, 5) is 3.63. The van der Waals surface area contributed by atoms with Gasteiger partial charge in [0.05, 0.1) is 0 Å². The number of nitrogens with zero attached hydrogens (tertiary/aromatic N) is 1. The summed E-state index contributed by atoms with van der Waals surface area (Å²) >= 11 is 0. The van der Waals surface area contributed by atoms with Crippen LogP contribution in [0, 0.1) is 17.6 Å². The van der Waals surface area contributed by atoms with Gasteiger partial charge in [0.25, 0.3) is 0 Å². The van der Waals surface area contributed by atoms with Crippen molar-refractivity contribution < 1.29 is 8.78 Å². The zero-order valence-electron chi connectivity index (χ0n) is 8.97. The van der Waals surface area contributed by atoms with E-state index in [-0.39, 0.29) is 11.6 Å². The molecule has 0 saturated heterocycles. The zero-order chi connectivity index (χ0) is 11.5. The molecule has 0 atom stereocenters. The SMILES string of the molecule is Nc1nc(NCCC2CCC2)c(F)cc1F. The van der Waals surface area contributed by atoms with Crippen molar-refractivity contribution in [2.45, 2.75) is 25.7 Å². The molecule has 5 heteroatoms. The average Bonchev–Trinajstić information content (AvgIpc) is 2.17. The number of anilines is 2. The molecular weight excluding hydrogens is 212 g/mol. The molecule has 1 aliphatic carbocycles. The highest BCUT2D eigenvalue weighted by atomic mass is 19.1. The van der Waals surface area contributed by atoms with Gasteiger partial charge in [-0.1, -0.05) is 19.3 Å². The quantitative estimate of drug-likeness (QED) is 0.831. The van der Waals surface area contributed by atoms with Crippen molar-refractivity contribution in [3.8, 4) is 0 Å². The Morgan fingerprint density at radius 3 is 2.75 bits per heavy atom. The van der Waals surface area contributed by atoms with E-state index in [1.807, 2.05) is 0 Å². The number of pyridine rings is 1. The second kappa shape index (κ2) is 4.63. The first-order valence-electron chi connectivity index (χ1n) is 5.52. The Kier molecular flexibility index (Phi) is 3.22. The summed E-state index contributed by atoms with van der Waals surface area (Å²) in [5.74, 6) is -0.999. The van der Waals surface area contributed by atoms with Gasteiger partial charge in [0.1, 0.15) is 0 Å². The molecule has 1 aromatic rings.